The zero-order valence-corrected chi connectivity index (χ0v) is 9.54. The molecule has 0 spiro atoms. The number of nitrogens with one attached hydrogen (secondary N) is 1. The molecule has 0 aliphatic heterocycles. The van der Waals surface area contributed by atoms with Crippen LogP contribution in [0.2, 0.25) is 0 Å². The summed E-state index contributed by atoms with van der Waals surface area (Å²) in [7, 11) is 4.17. The van der Waals surface area contributed by atoms with Gasteiger partial charge in [-0.1, -0.05) is 0 Å². The summed E-state index contributed by atoms with van der Waals surface area (Å²) in [5.41, 5.74) is 7.21. The number of rotatable bonds is 4. The standard InChI is InChI=1S/C11H21N3/c1-11(2,12)7-10(14(3)4)9-5-6-13-8-9/h5-6,8,10,13H,7,12H2,1-4H3. The highest BCUT2D eigenvalue weighted by molar-refractivity contribution is 5.14. The largest absolute Gasteiger partial charge is 0.367 e. The summed E-state index contributed by atoms with van der Waals surface area (Å²) in [5, 5.41) is 0. The summed E-state index contributed by atoms with van der Waals surface area (Å²) >= 11 is 0. The Bertz CT molecular complexity index is 257. The van der Waals surface area contributed by atoms with Crippen molar-refractivity contribution in [1.82, 2.24) is 9.88 Å². The molecular formula is C11H21N3. The van der Waals surface area contributed by atoms with E-state index < -0.39 is 0 Å². The molecule has 3 N–H and O–H groups in total. The second kappa shape index (κ2) is 4.15. The Hall–Kier alpha value is -0.800. The van der Waals surface area contributed by atoms with Gasteiger partial charge in [-0.15, -0.1) is 0 Å². The average Bonchev–Trinajstić information content (AvgIpc) is 2.49. The highest BCUT2D eigenvalue weighted by Crippen LogP contribution is 2.26. The third-order valence-corrected chi connectivity index (χ3v) is 2.35. The maximum atomic E-state index is 6.04. The minimum Gasteiger partial charge on any atom is -0.367 e. The van der Waals surface area contributed by atoms with Gasteiger partial charge in [0.15, 0.2) is 0 Å². The predicted octanol–water partition coefficient (Wildman–Crippen LogP) is 1.74. The molecule has 0 saturated heterocycles. The van der Waals surface area contributed by atoms with Crippen LogP contribution in [0.3, 0.4) is 0 Å². The van der Waals surface area contributed by atoms with Gasteiger partial charge in [-0.2, -0.15) is 0 Å². The SMILES string of the molecule is CN(C)C(CC(C)(C)N)c1cc[nH]c1. The Balaban J connectivity index is 2.76. The minimum atomic E-state index is -0.133. The summed E-state index contributed by atoms with van der Waals surface area (Å²) in [6.07, 6.45) is 4.95. The first-order valence-electron chi connectivity index (χ1n) is 4.98. The zero-order chi connectivity index (χ0) is 10.8. The third-order valence-electron chi connectivity index (χ3n) is 2.35. The van der Waals surface area contributed by atoms with Gasteiger partial charge in [0, 0.05) is 24.0 Å². The molecule has 0 bridgehead atoms. The van der Waals surface area contributed by atoms with Gasteiger partial charge in [0.25, 0.3) is 0 Å². The Kier molecular flexibility index (Phi) is 3.34. The quantitative estimate of drug-likeness (QED) is 0.768. The summed E-state index contributed by atoms with van der Waals surface area (Å²) in [6, 6.07) is 2.50. The van der Waals surface area contributed by atoms with Gasteiger partial charge < -0.3 is 15.6 Å². The lowest BCUT2D eigenvalue weighted by atomic mass is 9.92. The van der Waals surface area contributed by atoms with Crippen molar-refractivity contribution in [3.63, 3.8) is 0 Å². The van der Waals surface area contributed by atoms with E-state index in [1.54, 1.807) is 0 Å². The van der Waals surface area contributed by atoms with Gasteiger partial charge in [-0.05, 0) is 46.0 Å². The Labute approximate surface area is 86.3 Å². The summed E-state index contributed by atoms with van der Waals surface area (Å²) in [6.45, 7) is 4.13. The molecule has 0 fully saturated rings. The molecule has 0 aromatic carbocycles. The Morgan fingerprint density at radius 1 is 1.50 bits per heavy atom. The molecule has 0 amide bonds. The van der Waals surface area contributed by atoms with E-state index in [-0.39, 0.29) is 5.54 Å². The molecule has 1 heterocycles. The van der Waals surface area contributed by atoms with Crippen LogP contribution >= 0.6 is 0 Å². The number of hydrogen-bond donors (Lipinski definition) is 2. The lowest BCUT2D eigenvalue weighted by Crippen LogP contribution is -2.37. The first-order chi connectivity index (χ1) is 6.40. The van der Waals surface area contributed by atoms with Crippen molar-refractivity contribution in [2.45, 2.75) is 31.8 Å². The van der Waals surface area contributed by atoms with Crippen LogP contribution in [0.25, 0.3) is 0 Å². The number of aromatic nitrogens is 1. The van der Waals surface area contributed by atoms with Gasteiger partial charge in [-0.25, -0.2) is 0 Å². The van der Waals surface area contributed by atoms with Crippen molar-refractivity contribution in [3.8, 4) is 0 Å². The molecule has 0 radical (unpaired) electrons. The fourth-order valence-corrected chi connectivity index (χ4v) is 1.64. The van der Waals surface area contributed by atoms with Crippen LogP contribution in [0.1, 0.15) is 31.9 Å². The number of aromatic amines is 1. The van der Waals surface area contributed by atoms with Crippen LogP contribution in [0.4, 0.5) is 0 Å². The van der Waals surface area contributed by atoms with Crippen molar-refractivity contribution in [2.24, 2.45) is 5.73 Å². The molecule has 1 aromatic rings. The van der Waals surface area contributed by atoms with E-state index in [1.807, 2.05) is 12.4 Å². The van der Waals surface area contributed by atoms with E-state index in [0.717, 1.165) is 6.42 Å². The molecule has 1 aromatic heterocycles. The molecule has 1 atom stereocenters. The smallest absolute Gasteiger partial charge is 0.0374 e. The highest BCUT2D eigenvalue weighted by atomic mass is 15.1. The minimum absolute atomic E-state index is 0.133. The highest BCUT2D eigenvalue weighted by Gasteiger charge is 2.22. The Morgan fingerprint density at radius 2 is 2.14 bits per heavy atom. The van der Waals surface area contributed by atoms with Gasteiger partial charge >= 0.3 is 0 Å². The van der Waals surface area contributed by atoms with Crippen LogP contribution < -0.4 is 5.73 Å². The number of hydrogen-bond acceptors (Lipinski definition) is 2. The zero-order valence-electron chi connectivity index (χ0n) is 9.54. The monoisotopic (exact) mass is 195 g/mol. The van der Waals surface area contributed by atoms with Crippen LogP contribution in [0.15, 0.2) is 18.5 Å². The second-order valence-electron chi connectivity index (χ2n) is 4.82. The van der Waals surface area contributed by atoms with Crippen molar-refractivity contribution in [3.05, 3.63) is 24.0 Å². The van der Waals surface area contributed by atoms with Gasteiger partial charge in [0.05, 0.1) is 0 Å². The molecule has 3 heteroatoms. The van der Waals surface area contributed by atoms with Crippen LogP contribution in [0, 0.1) is 0 Å². The number of H-pyrrole nitrogens is 1. The van der Waals surface area contributed by atoms with Crippen LogP contribution in [-0.2, 0) is 0 Å². The van der Waals surface area contributed by atoms with Gasteiger partial charge in [0.1, 0.15) is 0 Å². The van der Waals surface area contributed by atoms with Crippen molar-refractivity contribution >= 4 is 0 Å². The number of nitrogens with zero attached hydrogens (tertiary/aromatic N) is 1. The van der Waals surface area contributed by atoms with Crippen LogP contribution in [-0.4, -0.2) is 29.5 Å². The fraction of sp³-hybridized carbons (Fsp3) is 0.636. The molecule has 3 nitrogen and oxygen atoms in total. The predicted molar refractivity (Wildman–Crippen MR) is 60.1 cm³/mol. The van der Waals surface area contributed by atoms with E-state index in [0.29, 0.717) is 6.04 Å². The molecule has 0 saturated carbocycles. The van der Waals surface area contributed by atoms with Crippen molar-refractivity contribution < 1.29 is 0 Å². The molecule has 1 unspecified atom stereocenters. The normalized spacial score (nSPS) is 14.7. The Morgan fingerprint density at radius 3 is 2.50 bits per heavy atom. The van der Waals surface area contributed by atoms with Crippen molar-refractivity contribution in [1.29, 1.82) is 0 Å². The lowest BCUT2D eigenvalue weighted by molar-refractivity contribution is 0.243. The van der Waals surface area contributed by atoms with E-state index >= 15 is 0 Å². The number of nitrogens with two attached hydrogens (primary N) is 1. The molecule has 14 heavy (non-hydrogen) atoms. The first kappa shape index (κ1) is 11.3. The van der Waals surface area contributed by atoms with Gasteiger partial charge in [0.2, 0.25) is 0 Å². The second-order valence-corrected chi connectivity index (χ2v) is 4.82. The van der Waals surface area contributed by atoms with E-state index in [4.69, 9.17) is 5.73 Å². The molecule has 0 aliphatic carbocycles. The maximum Gasteiger partial charge on any atom is 0.0374 e. The molecular weight excluding hydrogens is 174 g/mol. The fourth-order valence-electron chi connectivity index (χ4n) is 1.64. The van der Waals surface area contributed by atoms with Gasteiger partial charge in [-0.3, -0.25) is 0 Å². The van der Waals surface area contributed by atoms with E-state index in [1.165, 1.54) is 5.56 Å². The molecule has 0 aliphatic rings. The van der Waals surface area contributed by atoms with E-state index in [9.17, 15) is 0 Å². The molecule has 1 rings (SSSR count). The summed E-state index contributed by atoms with van der Waals surface area (Å²) < 4.78 is 0. The molecule has 80 valence electrons. The van der Waals surface area contributed by atoms with Crippen LogP contribution in [0.5, 0.6) is 0 Å². The maximum absolute atomic E-state index is 6.04. The third kappa shape index (κ3) is 3.16. The first-order valence-corrected chi connectivity index (χ1v) is 4.98. The summed E-state index contributed by atoms with van der Waals surface area (Å²) in [4.78, 5) is 5.29. The van der Waals surface area contributed by atoms with E-state index in [2.05, 4.69) is 43.9 Å². The van der Waals surface area contributed by atoms with Crippen molar-refractivity contribution in [2.75, 3.05) is 14.1 Å². The summed E-state index contributed by atoms with van der Waals surface area (Å²) in [5.74, 6) is 0. The average molecular weight is 195 g/mol. The topological polar surface area (TPSA) is 45.0 Å². The lowest BCUT2D eigenvalue weighted by Gasteiger charge is -2.30.